The Hall–Kier alpha value is -3.47. The van der Waals surface area contributed by atoms with Crippen LogP contribution in [0.3, 0.4) is 0 Å². The summed E-state index contributed by atoms with van der Waals surface area (Å²) >= 11 is 0. The van der Waals surface area contributed by atoms with Crippen molar-refractivity contribution >= 4 is 23.2 Å². The SMILES string of the molecule is N#Cc1cc(F)c(NC2CC3CCC2CC3)cc1-c1c[nH]c2ncc(F)cc12.O=CO. The number of halogens is 2. The number of pyridine rings is 1. The molecule has 0 radical (unpaired) electrons. The maximum atomic E-state index is 14.7. The number of rotatable bonds is 3. The van der Waals surface area contributed by atoms with Gasteiger partial charge in [0, 0.05) is 28.8 Å². The summed E-state index contributed by atoms with van der Waals surface area (Å²) in [7, 11) is 0. The van der Waals surface area contributed by atoms with Gasteiger partial charge in [0.1, 0.15) is 17.3 Å². The highest BCUT2D eigenvalue weighted by molar-refractivity contribution is 5.95. The van der Waals surface area contributed by atoms with Gasteiger partial charge in [-0.05, 0) is 49.3 Å². The number of H-pyrrole nitrogens is 1. The predicted octanol–water partition coefficient (Wildman–Crippen LogP) is 5.07. The van der Waals surface area contributed by atoms with E-state index in [1.165, 1.54) is 37.8 Å². The molecule has 31 heavy (non-hydrogen) atoms. The molecular formula is C23H22F2N4O2. The zero-order valence-electron chi connectivity index (χ0n) is 16.7. The third-order valence-corrected chi connectivity index (χ3v) is 6.40. The zero-order valence-corrected chi connectivity index (χ0v) is 16.7. The van der Waals surface area contributed by atoms with Gasteiger partial charge in [0.05, 0.1) is 23.5 Å². The van der Waals surface area contributed by atoms with Crippen LogP contribution < -0.4 is 5.32 Å². The van der Waals surface area contributed by atoms with Crippen LogP contribution in [0.2, 0.25) is 0 Å². The smallest absolute Gasteiger partial charge is 0.290 e. The number of nitriles is 1. The fourth-order valence-corrected chi connectivity index (χ4v) is 4.95. The van der Waals surface area contributed by atoms with Crippen molar-refractivity contribution in [2.24, 2.45) is 11.8 Å². The van der Waals surface area contributed by atoms with Crippen LogP contribution in [0.25, 0.3) is 22.2 Å². The number of nitrogens with one attached hydrogen (secondary N) is 2. The van der Waals surface area contributed by atoms with Crippen molar-refractivity contribution in [2.45, 2.75) is 38.1 Å². The van der Waals surface area contributed by atoms with Crippen LogP contribution in [0, 0.1) is 34.8 Å². The first-order valence-corrected chi connectivity index (χ1v) is 10.2. The first-order chi connectivity index (χ1) is 15.0. The fourth-order valence-electron chi connectivity index (χ4n) is 4.95. The molecule has 3 N–H and O–H groups in total. The summed E-state index contributed by atoms with van der Waals surface area (Å²) in [5, 5.41) is 20.4. The van der Waals surface area contributed by atoms with Crippen LogP contribution in [-0.2, 0) is 4.79 Å². The number of hydrogen-bond acceptors (Lipinski definition) is 4. The number of nitrogens with zero attached hydrogens (tertiary/aromatic N) is 2. The molecule has 3 aliphatic carbocycles. The van der Waals surface area contributed by atoms with Crippen molar-refractivity contribution in [1.29, 1.82) is 5.26 Å². The van der Waals surface area contributed by atoms with Gasteiger partial charge in [0.2, 0.25) is 0 Å². The summed E-state index contributed by atoms with van der Waals surface area (Å²) in [6.07, 6.45) is 8.85. The van der Waals surface area contributed by atoms with Crippen LogP contribution in [0.5, 0.6) is 0 Å². The Bertz CT molecular complexity index is 1150. The predicted molar refractivity (Wildman–Crippen MR) is 112 cm³/mol. The average Bonchev–Trinajstić information content (AvgIpc) is 3.19. The lowest BCUT2D eigenvalue weighted by molar-refractivity contribution is -0.122. The minimum Gasteiger partial charge on any atom is -0.483 e. The van der Waals surface area contributed by atoms with E-state index in [0.29, 0.717) is 33.8 Å². The Labute approximate surface area is 177 Å². The van der Waals surface area contributed by atoms with E-state index < -0.39 is 11.6 Å². The fraction of sp³-hybridized carbons (Fsp3) is 0.348. The quantitative estimate of drug-likeness (QED) is 0.510. The molecule has 3 aromatic rings. The Balaban J connectivity index is 0.000000730. The van der Waals surface area contributed by atoms with Gasteiger partial charge in [-0.15, -0.1) is 0 Å². The van der Waals surface area contributed by atoms with E-state index in [1.54, 1.807) is 12.3 Å². The Kier molecular flexibility index (Phi) is 5.85. The molecule has 0 aliphatic heterocycles. The molecule has 0 spiro atoms. The lowest BCUT2D eigenvalue weighted by Gasteiger charge is -2.43. The minimum atomic E-state index is -0.453. The molecule has 6 rings (SSSR count). The number of hydrogen-bond donors (Lipinski definition) is 3. The summed E-state index contributed by atoms with van der Waals surface area (Å²) in [6, 6.07) is 6.67. The zero-order chi connectivity index (χ0) is 22.0. The number of fused-ring (bicyclic) bond motifs is 4. The number of carboxylic acid groups (broad SMARTS) is 1. The monoisotopic (exact) mass is 424 g/mol. The maximum Gasteiger partial charge on any atom is 0.290 e. The summed E-state index contributed by atoms with van der Waals surface area (Å²) in [5.74, 6) is 0.428. The second kappa shape index (κ2) is 8.72. The van der Waals surface area contributed by atoms with Gasteiger partial charge in [0.25, 0.3) is 6.47 Å². The number of aromatic amines is 1. The van der Waals surface area contributed by atoms with Gasteiger partial charge < -0.3 is 15.4 Å². The van der Waals surface area contributed by atoms with Gasteiger partial charge in [-0.2, -0.15) is 5.26 Å². The van der Waals surface area contributed by atoms with Gasteiger partial charge in [-0.25, -0.2) is 13.8 Å². The Morgan fingerprint density at radius 3 is 2.58 bits per heavy atom. The molecule has 0 amide bonds. The molecule has 2 aromatic heterocycles. The van der Waals surface area contributed by atoms with E-state index >= 15 is 0 Å². The van der Waals surface area contributed by atoms with Crippen LogP contribution in [0.1, 0.15) is 37.7 Å². The van der Waals surface area contributed by atoms with E-state index in [2.05, 4.69) is 21.4 Å². The molecule has 3 fully saturated rings. The van der Waals surface area contributed by atoms with Gasteiger partial charge >= 0.3 is 0 Å². The van der Waals surface area contributed by atoms with Crippen molar-refractivity contribution in [1.82, 2.24) is 9.97 Å². The molecule has 2 heterocycles. The maximum absolute atomic E-state index is 14.7. The van der Waals surface area contributed by atoms with E-state index in [4.69, 9.17) is 9.90 Å². The minimum absolute atomic E-state index is 0.221. The van der Waals surface area contributed by atoms with E-state index in [9.17, 15) is 14.0 Å². The lowest BCUT2D eigenvalue weighted by Crippen LogP contribution is -2.40. The van der Waals surface area contributed by atoms with Gasteiger partial charge in [-0.3, -0.25) is 4.79 Å². The molecule has 1 aromatic carbocycles. The summed E-state index contributed by atoms with van der Waals surface area (Å²) < 4.78 is 28.5. The Morgan fingerprint density at radius 1 is 1.19 bits per heavy atom. The van der Waals surface area contributed by atoms with E-state index in [1.807, 2.05) is 0 Å². The first kappa shape index (κ1) is 20.8. The Morgan fingerprint density at radius 2 is 1.94 bits per heavy atom. The second-order valence-electron chi connectivity index (χ2n) is 8.11. The molecule has 3 aliphatic rings. The van der Waals surface area contributed by atoms with Crippen molar-refractivity contribution in [3.8, 4) is 17.2 Å². The molecule has 160 valence electrons. The van der Waals surface area contributed by atoms with E-state index in [0.717, 1.165) is 18.5 Å². The van der Waals surface area contributed by atoms with Gasteiger partial charge in [0.15, 0.2) is 0 Å². The molecule has 1 unspecified atom stereocenters. The standard InChI is InChI=1S/C22H20F2N4.CH2O2/c23-15-7-17-18(11-27-22(17)26-10-15)16-8-21(19(24)6-14(16)9-25)28-20-5-12-1-3-13(20)4-2-12;2-1-3/h6-8,10-13,20,28H,1-5H2,(H,26,27);1H,(H,2,3). The van der Waals surface area contributed by atoms with Gasteiger partial charge in [-0.1, -0.05) is 12.8 Å². The third kappa shape index (κ3) is 4.08. The molecule has 2 bridgehead atoms. The molecule has 3 saturated carbocycles. The lowest BCUT2D eigenvalue weighted by atomic mass is 9.68. The highest BCUT2D eigenvalue weighted by atomic mass is 19.1. The molecule has 0 saturated heterocycles. The molecule has 6 nitrogen and oxygen atoms in total. The molecular weight excluding hydrogens is 402 g/mol. The van der Waals surface area contributed by atoms with Crippen molar-refractivity contribution < 1.29 is 18.7 Å². The van der Waals surface area contributed by atoms with Crippen LogP contribution >= 0.6 is 0 Å². The van der Waals surface area contributed by atoms with E-state index in [-0.39, 0.29) is 18.1 Å². The summed E-state index contributed by atoms with van der Waals surface area (Å²) in [6.45, 7) is -0.250. The second-order valence-corrected chi connectivity index (χ2v) is 8.11. The van der Waals surface area contributed by atoms with Crippen LogP contribution in [0.15, 0.2) is 30.6 Å². The summed E-state index contributed by atoms with van der Waals surface area (Å²) in [5.41, 5.74) is 2.38. The molecule has 8 heteroatoms. The average molecular weight is 424 g/mol. The number of anilines is 1. The number of aromatic nitrogens is 2. The third-order valence-electron chi connectivity index (χ3n) is 6.40. The van der Waals surface area contributed by atoms with Crippen LogP contribution in [-0.4, -0.2) is 27.6 Å². The van der Waals surface area contributed by atoms with Crippen molar-refractivity contribution in [3.05, 3.63) is 47.8 Å². The van der Waals surface area contributed by atoms with Crippen molar-refractivity contribution in [3.63, 3.8) is 0 Å². The number of carbonyl (C=O) groups is 1. The summed E-state index contributed by atoms with van der Waals surface area (Å²) in [4.78, 5) is 15.4. The highest BCUT2D eigenvalue weighted by Gasteiger charge is 2.35. The van der Waals surface area contributed by atoms with Crippen LogP contribution in [0.4, 0.5) is 14.5 Å². The largest absolute Gasteiger partial charge is 0.483 e. The highest BCUT2D eigenvalue weighted by Crippen LogP contribution is 2.43. The molecule has 1 atom stereocenters. The first-order valence-electron chi connectivity index (χ1n) is 10.2. The normalized spacial score (nSPS) is 21.8. The number of benzene rings is 1. The topological polar surface area (TPSA) is 102 Å². The van der Waals surface area contributed by atoms with Crippen molar-refractivity contribution in [2.75, 3.05) is 5.32 Å².